The summed E-state index contributed by atoms with van der Waals surface area (Å²) in [6.45, 7) is 0. The summed E-state index contributed by atoms with van der Waals surface area (Å²) in [5, 5.41) is 2.03. The molecule has 0 saturated carbocycles. The van der Waals surface area contributed by atoms with Gasteiger partial charge in [-0.05, 0) is 30.0 Å². The van der Waals surface area contributed by atoms with Crippen LogP contribution in [0.1, 0.15) is 21.8 Å². The van der Waals surface area contributed by atoms with E-state index in [4.69, 9.17) is 0 Å². The molecule has 2 heterocycles. The summed E-state index contributed by atoms with van der Waals surface area (Å²) in [5.41, 5.74) is 0.564. The van der Waals surface area contributed by atoms with E-state index in [2.05, 4.69) is 11.1 Å². The zero-order valence-electron chi connectivity index (χ0n) is 8.22. The van der Waals surface area contributed by atoms with Gasteiger partial charge in [0.25, 0.3) is 0 Å². The van der Waals surface area contributed by atoms with Gasteiger partial charge in [-0.15, -0.1) is 11.3 Å². The van der Waals surface area contributed by atoms with E-state index in [1.165, 1.54) is 4.88 Å². The lowest BCUT2D eigenvalue weighted by atomic mass is 10.1. The number of ketones is 1. The van der Waals surface area contributed by atoms with Crippen LogP contribution in [0.15, 0.2) is 41.9 Å². The van der Waals surface area contributed by atoms with Gasteiger partial charge in [0.2, 0.25) is 0 Å². The molecule has 2 nitrogen and oxygen atoms in total. The van der Waals surface area contributed by atoms with Crippen molar-refractivity contribution >= 4 is 17.1 Å². The molecule has 0 unspecified atom stereocenters. The Morgan fingerprint density at radius 2 is 2.20 bits per heavy atom. The summed E-state index contributed by atoms with van der Waals surface area (Å²) >= 11 is 1.69. The highest BCUT2D eigenvalue weighted by Crippen LogP contribution is 2.12. The van der Waals surface area contributed by atoms with Crippen molar-refractivity contribution in [1.82, 2.24) is 4.98 Å². The van der Waals surface area contributed by atoms with Crippen LogP contribution in [-0.4, -0.2) is 10.8 Å². The van der Waals surface area contributed by atoms with Crippen LogP contribution in [-0.2, 0) is 6.42 Å². The SMILES string of the molecule is O=C(CCc1cccs1)c1ccccn1. The van der Waals surface area contributed by atoms with Gasteiger partial charge in [-0.3, -0.25) is 9.78 Å². The smallest absolute Gasteiger partial charge is 0.181 e. The molecule has 0 aromatic carbocycles. The minimum absolute atomic E-state index is 0.115. The van der Waals surface area contributed by atoms with Crippen LogP contribution in [0.2, 0.25) is 0 Å². The fourth-order valence-electron chi connectivity index (χ4n) is 1.35. The van der Waals surface area contributed by atoms with Crippen molar-refractivity contribution in [3.63, 3.8) is 0 Å². The topological polar surface area (TPSA) is 30.0 Å². The minimum atomic E-state index is 0.115. The van der Waals surface area contributed by atoms with Crippen molar-refractivity contribution < 1.29 is 4.79 Å². The number of hydrogen-bond donors (Lipinski definition) is 0. The molecule has 0 bridgehead atoms. The summed E-state index contributed by atoms with van der Waals surface area (Å²) < 4.78 is 0. The highest BCUT2D eigenvalue weighted by atomic mass is 32.1. The number of aryl methyl sites for hydroxylation is 1. The lowest BCUT2D eigenvalue weighted by molar-refractivity contribution is 0.0978. The number of hydrogen-bond acceptors (Lipinski definition) is 3. The van der Waals surface area contributed by atoms with Crippen LogP contribution >= 0.6 is 11.3 Å². The van der Waals surface area contributed by atoms with E-state index in [1.54, 1.807) is 23.6 Å². The fourth-order valence-corrected chi connectivity index (χ4v) is 2.06. The molecular weight excluding hydrogens is 206 g/mol. The molecule has 2 rings (SSSR count). The van der Waals surface area contributed by atoms with Gasteiger partial charge in [-0.25, -0.2) is 0 Å². The number of carbonyl (C=O) groups excluding carboxylic acids is 1. The van der Waals surface area contributed by atoms with Crippen LogP contribution in [0.4, 0.5) is 0 Å². The van der Waals surface area contributed by atoms with E-state index < -0.39 is 0 Å². The molecule has 76 valence electrons. The molecular formula is C12H11NOS. The van der Waals surface area contributed by atoms with Gasteiger partial charge < -0.3 is 0 Å². The molecule has 3 heteroatoms. The van der Waals surface area contributed by atoms with Crippen molar-refractivity contribution in [2.75, 3.05) is 0 Å². The molecule has 0 aliphatic heterocycles. The first kappa shape index (κ1) is 10.1. The third kappa shape index (κ3) is 2.73. The van der Waals surface area contributed by atoms with E-state index >= 15 is 0 Å². The monoisotopic (exact) mass is 217 g/mol. The lowest BCUT2D eigenvalue weighted by Gasteiger charge is -1.98. The van der Waals surface area contributed by atoms with Crippen molar-refractivity contribution in [3.8, 4) is 0 Å². The zero-order chi connectivity index (χ0) is 10.5. The average molecular weight is 217 g/mol. The summed E-state index contributed by atoms with van der Waals surface area (Å²) in [7, 11) is 0. The number of nitrogens with zero attached hydrogens (tertiary/aromatic N) is 1. The van der Waals surface area contributed by atoms with E-state index in [1.807, 2.05) is 23.6 Å². The van der Waals surface area contributed by atoms with Gasteiger partial charge >= 0.3 is 0 Å². The largest absolute Gasteiger partial charge is 0.292 e. The first-order valence-electron chi connectivity index (χ1n) is 4.83. The maximum atomic E-state index is 11.7. The highest BCUT2D eigenvalue weighted by molar-refractivity contribution is 7.09. The quantitative estimate of drug-likeness (QED) is 0.737. The Hall–Kier alpha value is -1.48. The molecule has 0 atom stereocenters. The van der Waals surface area contributed by atoms with Crippen LogP contribution in [0.5, 0.6) is 0 Å². The van der Waals surface area contributed by atoms with Gasteiger partial charge in [0.15, 0.2) is 5.78 Å². The summed E-state index contributed by atoms with van der Waals surface area (Å²) in [4.78, 5) is 17.0. The van der Waals surface area contributed by atoms with Crippen LogP contribution < -0.4 is 0 Å². The minimum Gasteiger partial charge on any atom is -0.292 e. The molecule has 2 aromatic heterocycles. The Labute approximate surface area is 92.6 Å². The molecule has 0 amide bonds. The number of Topliss-reactive ketones (excluding diaryl/α,β-unsaturated/α-hetero) is 1. The Kier molecular flexibility index (Phi) is 3.25. The molecule has 0 spiro atoms. The number of pyridine rings is 1. The Balaban J connectivity index is 1.94. The van der Waals surface area contributed by atoms with Crippen molar-refractivity contribution in [2.24, 2.45) is 0 Å². The third-order valence-electron chi connectivity index (χ3n) is 2.13. The number of carbonyl (C=O) groups is 1. The molecule has 2 aromatic rings. The Bertz CT molecular complexity index is 422. The first-order chi connectivity index (χ1) is 7.36. The summed E-state index contributed by atoms with van der Waals surface area (Å²) in [6.07, 6.45) is 3.00. The maximum Gasteiger partial charge on any atom is 0.181 e. The second-order valence-corrected chi connectivity index (χ2v) is 4.25. The first-order valence-corrected chi connectivity index (χ1v) is 5.71. The summed E-state index contributed by atoms with van der Waals surface area (Å²) in [6, 6.07) is 9.47. The molecule has 0 saturated heterocycles. The fraction of sp³-hybridized carbons (Fsp3) is 0.167. The van der Waals surface area contributed by atoms with Crippen LogP contribution in [0, 0.1) is 0 Å². The highest BCUT2D eigenvalue weighted by Gasteiger charge is 2.06. The standard InChI is InChI=1S/C12H11NOS/c14-12(11-5-1-2-8-13-11)7-6-10-4-3-9-15-10/h1-5,8-9H,6-7H2. The van der Waals surface area contributed by atoms with Crippen molar-refractivity contribution in [3.05, 3.63) is 52.5 Å². The zero-order valence-corrected chi connectivity index (χ0v) is 9.04. The third-order valence-corrected chi connectivity index (χ3v) is 3.07. The maximum absolute atomic E-state index is 11.7. The molecule has 0 fully saturated rings. The predicted molar refractivity (Wildman–Crippen MR) is 61.2 cm³/mol. The van der Waals surface area contributed by atoms with E-state index in [0.29, 0.717) is 12.1 Å². The molecule has 0 radical (unpaired) electrons. The van der Waals surface area contributed by atoms with E-state index in [0.717, 1.165) is 6.42 Å². The summed E-state index contributed by atoms with van der Waals surface area (Å²) in [5.74, 6) is 0.115. The molecule has 0 aliphatic carbocycles. The van der Waals surface area contributed by atoms with Crippen LogP contribution in [0.3, 0.4) is 0 Å². The van der Waals surface area contributed by atoms with Gasteiger partial charge in [-0.2, -0.15) is 0 Å². The molecule has 0 N–H and O–H groups in total. The van der Waals surface area contributed by atoms with Crippen molar-refractivity contribution in [2.45, 2.75) is 12.8 Å². The van der Waals surface area contributed by atoms with E-state index in [-0.39, 0.29) is 5.78 Å². The van der Waals surface area contributed by atoms with E-state index in [9.17, 15) is 4.79 Å². The Morgan fingerprint density at radius 3 is 2.87 bits per heavy atom. The van der Waals surface area contributed by atoms with Gasteiger partial charge in [0.1, 0.15) is 5.69 Å². The number of rotatable bonds is 4. The number of aromatic nitrogens is 1. The molecule has 15 heavy (non-hydrogen) atoms. The Morgan fingerprint density at radius 1 is 1.27 bits per heavy atom. The van der Waals surface area contributed by atoms with Gasteiger partial charge in [0.05, 0.1) is 0 Å². The van der Waals surface area contributed by atoms with Crippen molar-refractivity contribution in [1.29, 1.82) is 0 Å². The molecule has 0 aliphatic rings. The lowest BCUT2D eigenvalue weighted by Crippen LogP contribution is -2.02. The van der Waals surface area contributed by atoms with Gasteiger partial charge in [0, 0.05) is 17.5 Å². The predicted octanol–water partition coefficient (Wildman–Crippen LogP) is 2.96. The average Bonchev–Trinajstić information content (AvgIpc) is 2.80. The van der Waals surface area contributed by atoms with Gasteiger partial charge in [-0.1, -0.05) is 12.1 Å². The normalized spacial score (nSPS) is 10.1. The van der Waals surface area contributed by atoms with Crippen LogP contribution in [0.25, 0.3) is 0 Å². The second-order valence-electron chi connectivity index (χ2n) is 3.22. The number of thiophene rings is 1. The second kappa shape index (κ2) is 4.84.